The van der Waals surface area contributed by atoms with Gasteiger partial charge in [-0.25, -0.2) is 9.18 Å². The lowest BCUT2D eigenvalue weighted by Crippen LogP contribution is -2.17. The number of hydrogen-bond acceptors (Lipinski definition) is 5. The van der Waals surface area contributed by atoms with Crippen molar-refractivity contribution in [1.29, 1.82) is 0 Å². The number of esters is 1. The molecule has 6 nitrogen and oxygen atoms in total. The molecular formula is C13H19FN2O4. The van der Waals surface area contributed by atoms with Crippen LogP contribution in [-0.4, -0.2) is 22.8 Å². The molecule has 7 heteroatoms. The van der Waals surface area contributed by atoms with E-state index in [2.05, 4.69) is 14.4 Å². The number of allylic oxidation sites excluding steroid dienone is 2. The molecule has 20 heavy (non-hydrogen) atoms. The number of carbonyl (C=O) groups is 1. The molecule has 0 saturated heterocycles. The van der Waals surface area contributed by atoms with Crippen LogP contribution in [0.5, 0.6) is 0 Å². The highest BCUT2D eigenvalue weighted by molar-refractivity contribution is 5.71. The van der Waals surface area contributed by atoms with Gasteiger partial charge in [0.25, 0.3) is 0 Å². The van der Waals surface area contributed by atoms with Crippen molar-refractivity contribution in [3.63, 3.8) is 0 Å². The van der Waals surface area contributed by atoms with Gasteiger partial charge in [-0.05, 0) is 32.3 Å². The van der Waals surface area contributed by atoms with E-state index < -0.39 is 11.6 Å². The SMILES string of the molecule is COC(=O)[C@@H](C)CC/C(C)=C(/F)Cn1c(C)noc1=O. The Balaban J connectivity index is 2.66. The third-order valence-electron chi connectivity index (χ3n) is 3.18. The molecular weight excluding hydrogens is 267 g/mol. The molecule has 112 valence electrons. The average molecular weight is 286 g/mol. The van der Waals surface area contributed by atoms with Crippen molar-refractivity contribution in [3.8, 4) is 0 Å². The summed E-state index contributed by atoms with van der Waals surface area (Å²) in [4.78, 5) is 22.5. The minimum absolute atomic E-state index is 0.202. The number of halogens is 1. The van der Waals surface area contributed by atoms with Crippen molar-refractivity contribution in [1.82, 2.24) is 9.72 Å². The molecule has 0 bridgehead atoms. The molecule has 1 heterocycles. The molecule has 0 aliphatic rings. The van der Waals surface area contributed by atoms with Crippen LogP contribution in [0.2, 0.25) is 0 Å². The Kier molecular flexibility index (Phi) is 5.66. The number of nitrogens with zero attached hydrogens (tertiary/aromatic N) is 2. The number of ether oxygens (including phenoxy) is 1. The van der Waals surface area contributed by atoms with E-state index in [0.717, 1.165) is 4.57 Å². The zero-order chi connectivity index (χ0) is 15.3. The first-order chi connectivity index (χ1) is 9.36. The molecule has 0 aliphatic carbocycles. The molecule has 1 aromatic heterocycles. The largest absolute Gasteiger partial charge is 0.469 e. The second-order valence-corrected chi connectivity index (χ2v) is 4.73. The number of aryl methyl sites for hydroxylation is 1. The second-order valence-electron chi connectivity index (χ2n) is 4.73. The third-order valence-corrected chi connectivity index (χ3v) is 3.18. The lowest BCUT2D eigenvalue weighted by molar-refractivity contribution is -0.145. The van der Waals surface area contributed by atoms with Gasteiger partial charge in [-0.2, -0.15) is 0 Å². The smallest absolute Gasteiger partial charge is 0.441 e. The maximum absolute atomic E-state index is 14.0. The van der Waals surface area contributed by atoms with Crippen molar-refractivity contribution in [2.75, 3.05) is 7.11 Å². The molecule has 0 aliphatic heterocycles. The molecule has 0 spiro atoms. The van der Waals surface area contributed by atoms with Crippen LogP contribution in [0.3, 0.4) is 0 Å². The van der Waals surface area contributed by atoms with E-state index in [1.807, 2.05) is 0 Å². The quantitative estimate of drug-likeness (QED) is 0.747. The summed E-state index contributed by atoms with van der Waals surface area (Å²) in [6, 6.07) is 0. The van der Waals surface area contributed by atoms with Crippen LogP contribution in [0.25, 0.3) is 0 Å². The maximum atomic E-state index is 14.0. The minimum Gasteiger partial charge on any atom is -0.469 e. The van der Waals surface area contributed by atoms with E-state index in [0.29, 0.717) is 24.2 Å². The molecule has 0 radical (unpaired) electrons. The van der Waals surface area contributed by atoms with Gasteiger partial charge in [-0.1, -0.05) is 12.1 Å². The van der Waals surface area contributed by atoms with Crippen LogP contribution >= 0.6 is 0 Å². The highest BCUT2D eigenvalue weighted by Crippen LogP contribution is 2.18. The molecule has 0 aromatic carbocycles. The van der Waals surface area contributed by atoms with E-state index in [9.17, 15) is 14.0 Å². The minimum atomic E-state index is -0.687. The van der Waals surface area contributed by atoms with Crippen LogP contribution in [0.1, 0.15) is 32.5 Å². The molecule has 1 aromatic rings. The van der Waals surface area contributed by atoms with Gasteiger partial charge < -0.3 is 4.74 Å². The van der Waals surface area contributed by atoms with Crippen LogP contribution in [0, 0.1) is 12.8 Å². The summed E-state index contributed by atoms with van der Waals surface area (Å²) >= 11 is 0. The van der Waals surface area contributed by atoms with Crippen LogP contribution < -0.4 is 5.76 Å². The topological polar surface area (TPSA) is 74.3 Å². The summed E-state index contributed by atoms with van der Waals surface area (Å²) in [5.74, 6) is -1.39. The third kappa shape index (κ3) is 4.04. The Morgan fingerprint density at radius 3 is 2.70 bits per heavy atom. The van der Waals surface area contributed by atoms with Gasteiger partial charge in [0.1, 0.15) is 5.83 Å². The number of rotatable bonds is 6. The second kappa shape index (κ2) is 7.02. The number of aromatic nitrogens is 2. The lowest BCUT2D eigenvalue weighted by Gasteiger charge is -2.10. The Hall–Kier alpha value is -1.92. The van der Waals surface area contributed by atoms with E-state index in [1.165, 1.54) is 7.11 Å². The fourth-order valence-corrected chi connectivity index (χ4v) is 1.68. The molecule has 0 saturated carbocycles. The van der Waals surface area contributed by atoms with Crippen molar-refractivity contribution in [2.45, 2.75) is 40.2 Å². The van der Waals surface area contributed by atoms with E-state index >= 15 is 0 Å². The van der Waals surface area contributed by atoms with Crippen molar-refractivity contribution >= 4 is 5.97 Å². The molecule has 0 amide bonds. The molecule has 0 N–H and O–H groups in total. The molecule has 1 rings (SSSR count). The van der Waals surface area contributed by atoms with Gasteiger partial charge in [0, 0.05) is 0 Å². The first-order valence-electron chi connectivity index (χ1n) is 6.31. The summed E-state index contributed by atoms with van der Waals surface area (Å²) < 4.78 is 24.1. The summed E-state index contributed by atoms with van der Waals surface area (Å²) in [7, 11) is 1.32. The highest BCUT2D eigenvalue weighted by Gasteiger charge is 2.15. The average Bonchev–Trinajstić information content (AvgIpc) is 2.74. The maximum Gasteiger partial charge on any atom is 0.441 e. The molecule has 0 unspecified atom stereocenters. The molecule has 1 atom stereocenters. The predicted molar refractivity (Wildman–Crippen MR) is 69.7 cm³/mol. The first-order valence-corrected chi connectivity index (χ1v) is 6.31. The standard InChI is InChI=1S/C13H19FN2O4/c1-8(5-6-9(2)12(17)19-4)11(14)7-16-10(3)15-20-13(16)18/h9H,5-7H2,1-4H3/b11-8+/t9-/m0/s1. The Labute approximate surface area is 116 Å². The zero-order valence-corrected chi connectivity index (χ0v) is 12.1. The van der Waals surface area contributed by atoms with Crippen LogP contribution in [0.15, 0.2) is 20.7 Å². The monoisotopic (exact) mass is 286 g/mol. The van der Waals surface area contributed by atoms with E-state index in [1.54, 1.807) is 20.8 Å². The normalized spacial score (nSPS) is 13.8. The highest BCUT2D eigenvalue weighted by atomic mass is 19.1. The van der Waals surface area contributed by atoms with Crippen molar-refractivity contribution in [2.24, 2.45) is 5.92 Å². The zero-order valence-electron chi connectivity index (χ0n) is 12.1. The number of methoxy groups -OCH3 is 1. The van der Waals surface area contributed by atoms with Gasteiger partial charge in [0.2, 0.25) is 0 Å². The van der Waals surface area contributed by atoms with E-state index in [4.69, 9.17) is 0 Å². The van der Waals surface area contributed by atoms with Gasteiger partial charge in [0.15, 0.2) is 5.82 Å². The van der Waals surface area contributed by atoms with Gasteiger partial charge >= 0.3 is 11.7 Å². The van der Waals surface area contributed by atoms with Gasteiger partial charge in [0.05, 0.1) is 19.6 Å². The summed E-state index contributed by atoms with van der Waals surface area (Å²) in [5.41, 5.74) is 0.494. The fraction of sp³-hybridized carbons (Fsp3) is 0.615. The Bertz CT molecular complexity index is 559. The summed E-state index contributed by atoms with van der Waals surface area (Å²) in [6.07, 6.45) is 0.907. The Morgan fingerprint density at radius 1 is 1.55 bits per heavy atom. The fourth-order valence-electron chi connectivity index (χ4n) is 1.68. The van der Waals surface area contributed by atoms with E-state index in [-0.39, 0.29) is 18.4 Å². The van der Waals surface area contributed by atoms with Crippen molar-refractivity contribution < 1.29 is 18.4 Å². The number of hydrogen-bond donors (Lipinski definition) is 0. The Morgan fingerprint density at radius 2 is 2.20 bits per heavy atom. The predicted octanol–water partition coefficient (Wildman–Crippen LogP) is 1.98. The lowest BCUT2D eigenvalue weighted by atomic mass is 10.0. The van der Waals surface area contributed by atoms with Crippen LogP contribution in [-0.2, 0) is 16.1 Å². The van der Waals surface area contributed by atoms with Crippen molar-refractivity contribution in [3.05, 3.63) is 27.8 Å². The number of carbonyl (C=O) groups excluding carboxylic acids is 1. The first kappa shape index (κ1) is 16.1. The summed E-state index contributed by atoms with van der Waals surface area (Å²) in [5, 5.41) is 3.46. The molecule has 0 fully saturated rings. The summed E-state index contributed by atoms with van der Waals surface area (Å²) in [6.45, 7) is 4.72. The van der Waals surface area contributed by atoms with Gasteiger partial charge in [-0.3, -0.25) is 13.9 Å². The van der Waals surface area contributed by atoms with Crippen LogP contribution in [0.4, 0.5) is 4.39 Å². The van der Waals surface area contributed by atoms with Gasteiger partial charge in [-0.15, -0.1) is 0 Å².